The van der Waals surface area contributed by atoms with Gasteiger partial charge in [-0.05, 0) is 12.0 Å². The maximum absolute atomic E-state index is 12.1. The summed E-state index contributed by atoms with van der Waals surface area (Å²) in [4.78, 5) is 36.8. The molecule has 0 saturated carbocycles. The molecule has 3 amide bonds. The Morgan fingerprint density at radius 2 is 2.09 bits per heavy atom. The number of ether oxygens (including phenoxy) is 2. The highest BCUT2D eigenvalue weighted by molar-refractivity contribution is 6.06. The maximum Gasteiger partial charge on any atom is 0.416 e. The Bertz CT molecular complexity index is 577. The Morgan fingerprint density at radius 1 is 1.39 bits per heavy atom. The quantitative estimate of drug-likeness (QED) is 0.593. The van der Waals surface area contributed by atoms with E-state index in [1.807, 2.05) is 18.2 Å². The first kappa shape index (κ1) is 16.9. The van der Waals surface area contributed by atoms with Gasteiger partial charge in [-0.1, -0.05) is 30.3 Å². The molecule has 1 aromatic rings. The van der Waals surface area contributed by atoms with Crippen LogP contribution >= 0.6 is 0 Å². The number of benzene rings is 1. The van der Waals surface area contributed by atoms with Crippen molar-refractivity contribution in [1.29, 1.82) is 0 Å². The van der Waals surface area contributed by atoms with Crippen LogP contribution in [0, 0.1) is 5.92 Å². The molecule has 23 heavy (non-hydrogen) atoms. The average Bonchev–Trinajstić information content (AvgIpc) is 2.95. The fourth-order valence-electron chi connectivity index (χ4n) is 2.18. The Morgan fingerprint density at radius 3 is 2.74 bits per heavy atom. The Hall–Kier alpha value is -2.45. The number of aliphatic hydroxyl groups excluding tert-OH is 1. The lowest BCUT2D eigenvalue weighted by Gasteiger charge is -2.16. The molecule has 0 aromatic heterocycles. The normalized spacial score (nSPS) is 18.6. The minimum absolute atomic E-state index is 0.0444. The van der Waals surface area contributed by atoms with Crippen LogP contribution in [0.4, 0.5) is 4.79 Å². The molecule has 2 N–H and O–H groups in total. The van der Waals surface area contributed by atoms with Crippen molar-refractivity contribution in [3.8, 4) is 0 Å². The summed E-state index contributed by atoms with van der Waals surface area (Å²) in [6, 6.07) is 9.05. The van der Waals surface area contributed by atoms with Crippen molar-refractivity contribution in [2.75, 3.05) is 13.7 Å². The number of nitrogens with zero attached hydrogens (tertiary/aromatic N) is 1. The van der Waals surface area contributed by atoms with Gasteiger partial charge in [-0.3, -0.25) is 9.59 Å². The lowest BCUT2D eigenvalue weighted by atomic mass is 10.1. The maximum atomic E-state index is 12.1. The summed E-state index contributed by atoms with van der Waals surface area (Å²) in [6.45, 7) is 0.135. The molecule has 1 aromatic carbocycles. The third-order valence-electron chi connectivity index (χ3n) is 3.44. The minimum atomic E-state index is -1.49. The SMILES string of the molecule is CO[C@@H](O)NC(=O)[C@H]1CCN(C(=O)OCc2ccccc2)C1=O. The molecular formula is C15H18N2O6. The zero-order valence-corrected chi connectivity index (χ0v) is 12.6. The highest BCUT2D eigenvalue weighted by Gasteiger charge is 2.41. The number of aliphatic hydroxyl groups is 1. The van der Waals surface area contributed by atoms with E-state index in [-0.39, 0.29) is 19.6 Å². The van der Waals surface area contributed by atoms with E-state index in [0.29, 0.717) is 0 Å². The lowest BCUT2D eigenvalue weighted by Crippen LogP contribution is -2.43. The van der Waals surface area contributed by atoms with Crippen molar-refractivity contribution in [2.45, 2.75) is 19.4 Å². The molecule has 0 bridgehead atoms. The lowest BCUT2D eigenvalue weighted by molar-refractivity contribution is -0.147. The van der Waals surface area contributed by atoms with Crippen LogP contribution in [0.1, 0.15) is 12.0 Å². The van der Waals surface area contributed by atoms with Gasteiger partial charge in [0.2, 0.25) is 18.2 Å². The fraction of sp³-hybridized carbons (Fsp3) is 0.400. The summed E-state index contributed by atoms with van der Waals surface area (Å²) in [5.74, 6) is -2.38. The van der Waals surface area contributed by atoms with Gasteiger partial charge in [0.25, 0.3) is 0 Å². The zero-order chi connectivity index (χ0) is 16.8. The molecule has 0 spiro atoms. The number of likely N-dealkylation sites (tertiary alicyclic amines) is 1. The molecule has 0 radical (unpaired) electrons. The zero-order valence-electron chi connectivity index (χ0n) is 12.6. The number of carbonyl (C=O) groups is 3. The molecule has 2 atom stereocenters. The van der Waals surface area contributed by atoms with Gasteiger partial charge in [-0.2, -0.15) is 0 Å². The number of rotatable bonds is 5. The van der Waals surface area contributed by atoms with Crippen LogP contribution in [0.5, 0.6) is 0 Å². The van der Waals surface area contributed by atoms with Gasteiger partial charge in [0.15, 0.2) is 0 Å². The van der Waals surface area contributed by atoms with E-state index in [2.05, 4.69) is 10.1 Å². The Labute approximate surface area is 133 Å². The van der Waals surface area contributed by atoms with Crippen molar-refractivity contribution in [3.05, 3.63) is 35.9 Å². The van der Waals surface area contributed by atoms with Crippen molar-refractivity contribution < 1.29 is 29.0 Å². The van der Waals surface area contributed by atoms with Gasteiger partial charge >= 0.3 is 6.09 Å². The molecule has 1 saturated heterocycles. The number of methoxy groups -OCH3 is 1. The smallest absolute Gasteiger partial charge is 0.416 e. The molecule has 1 heterocycles. The number of hydrogen-bond acceptors (Lipinski definition) is 6. The number of amides is 3. The van der Waals surface area contributed by atoms with Gasteiger partial charge in [-0.15, -0.1) is 0 Å². The third-order valence-corrected chi connectivity index (χ3v) is 3.44. The van der Waals surface area contributed by atoms with E-state index in [4.69, 9.17) is 4.74 Å². The van der Waals surface area contributed by atoms with Gasteiger partial charge in [0, 0.05) is 13.7 Å². The number of imide groups is 1. The van der Waals surface area contributed by atoms with Crippen LogP contribution in [0.2, 0.25) is 0 Å². The first-order valence-electron chi connectivity index (χ1n) is 7.06. The van der Waals surface area contributed by atoms with Gasteiger partial charge in [-0.25, -0.2) is 9.69 Å². The predicted octanol–water partition coefficient (Wildman–Crippen LogP) is 0.210. The molecule has 0 aliphatic carbocycles. The number of nitrogens with one attached hydrogen (secondary N) is 1. The third kappa shape index (κ3) is 4.27. The highest BCUT2D eigenvalue weighted by atomic mass is 16.6. The second-order valence-corrected chi connectivity index (χ2v) is 4.97. The molecule has 1 fully saturated rings. The van der Waals surface area contributed by atoms with Gasteiger partial charge in [0.1, 0.15) is 12.5 Å². The fourth-order valence-corrected chi connectivity index (χ4v) is 2.18. The van der Waals surface area contributed by atoms with Crippen molar-refractivity contribution in [2.24, 2.45) is 5.92 Å². The van der Waals surface area contributed by atoms with Crippen molar-refractivity contribution >= 4 is 17.9 Å². The average molecular weight is 322 g/mol. The van der Waals surface area contributed by atoms with Gasteiger partial charge in [0.05, 0.1) is 0 Å². The van der Waals surface area contributed by atoms with Crippen LogP contribution in [0.15, 0.2) is 30.3 Å². The largest absolute Gasteiger partial charge is 0.444 e. The Balaban J connectivity index is 1.88. The van der Waals surface area contributed by atoms with Crippen LogP contribution in [0.3, 0.4) is 0 Å². The molecule has 0 unspecified atom stereocenters. The topological polar surface area (TPSA) is 105 Å². The van der Waals surface area contributed by atoms with E-state index in [9.17, 15) is 19.5 Å². The second-order valence-electron chi connectivity index (χ2n) is 4.97. The molecule has 2 rings (SSSR count). The molecule has 124 valence electrons. The van der Waals surface area contributed by atoms with Crippen LogP contribution in [-0.2, 0) is 25.7 Å². The second kappa shape index (κ2) is 7.70. The molecule has 8 nitrogen and oxygen atoms in total. The van der Waals surface area contributed by atoms with Crippen molar-refractivity contribution in [3.63, 3.8) is 0 Å². The van der Waals surface area contributed by atoms with E-state index in [0.717, 1.165) is 10.5 Å². The summed E-state index contributed by atoms with van der Waals surface area (Å²) in [5.41, 5.74) is 0.796. The summed E-state index contributed by atoms with van der Waals surface area (Å²) in [5, 5.41) is 11.3. The Kier molecular flexibility index (Phi) is 5.67. The first-order chi connectivity index (χ1) is 11.0. The van der Waals surface area contributed by atoms with Crippen LogP contribution in [-0.4, -0.2) is 48.0 Å². The monoisotopic (exact) mass is 322 g/mol. The molecule has 1 aliphatic rings. The number of hydrogen-bond donors (Lipinski definition) is 2. The highest BCUT2D eigenvalue weighted by Crippen LogP contribution is 2.19. The summed E-state index contributed by atoms with van der Waals surface area (Å²) in [7, 11) is 1.20. The van der Waals surface area contributed by atoms with E-state index >= 15 is 0 Å². The van der Waals surface area contributed by atoms with E-state index in [1.165, 1.54) is 7.11 Å². The minimum Gasteiger partial charge on any atom is -0.444 e. The number of carbonyl (C=O) groups excluding carboxylic acids is 3. The summed E-state index contributed by atoms with van der Waals surface area (Å²) >= 11 is 0. The molecule has 8 heteroatoms. The summed E-state index contributed by atoms with van der Waals surface area (Å²) in [6.07, 6.45) is -2.11. The first-order valence-corrected chi connectivity index (χ1v) is 7.06. The molecule has 1 aliphatic heterocycles. The molecular weight excluding hydrogens is 304 g/mol. The van der Waals surface area contributed by atoms with Crippen LogP contribution in [0.25, 0.3) is 0 Å². The van der Waals surface area contributed by atoms with E-state index < -0.39 is 30.2 Å². The van der Waals surface area contributed by atoms with Gasteiger partial charge < -0.3 is 19.9 Å². The standard InChI is InChI=1S/C15H18N2O6/c1-22-14(20)16-12(18)11-7-8-17(13(11)19)15(21)23-9-10-5-3-2-4-6-10/h2-6,11,14,20H,7-9H2,1H3,(H,16,18)/t11-,14-/m1/s1. The predicted molar refractivity (Wildman–Crippen MR) is 77.6 cm³/mol. The van der Waals surface area contributed by atoms with Crippen LogP contribution < -0.4 is 5.32 Å². The summed E-state index contributed by atoms with van der Waals surface area (Å²) < 4.78 is 9.56. The van der Waals surface area contributed by atoms with E-state index in [1.54, 1.807) is 12.1 Å². The van der Waals surface area contributed by atoms with Crippen molar-refractivity contribution in [1.82, 2.24) is 10.2 Å².